The summed E-state index contributed by atoms with van der Waals surface area (Å²) in [5.41, 5.74) is 2.75. The van der Waals surface area contributed by atoms with E-state index in [0.29, 0.717) is 54.4 Å². The number of likely N-dealkylation sites (N-methyl/N-ethyl adjacent to an activating group) is 1. The van der Waals surface area contributed by atoms with Crippen molar-refractivity contribution in [1.82, 2.24) is 19.8 Å². The fourth-order valence-electron chi connectivity index (χ4n) is 4.09. The molecule has 0 atom stereocenters. The highest BCUT2D eigenvalue weighted by Crippen LogP contribution is 2.33. The Morgan fingerprint density at radius 3 is 2.59 bits per heavy atom. The van der Waals surface area contributed by atoms with Gasteiger partial charge < -0.3 is 19.4 Å². The van der Waals surface area contributed by atoms with Crippen molar-refractivity contribution in [2.24, 2.45) is 0 Å². The average Bonchev–Trinajstić information content (AvgIpc) is 2.82. The lowest BCUT2D eigenvalue weighted by Gasteiger charge is -2.31. The van der Waals surface area contributed by atoms with Crippen LogP contribution in [0.1, 0.15) is 23.9 Å². The quantitative estimate of drug-likeness (QED) is 0.612. The van der Waals surface area contributed by atoms with E-state index in [4.69, 9.17) is 9.47 Å². The fourth-order valence-corrected chi connectivity index (χ4v) is 4.09. The van der Waals surface area contributed by atoms with Crippen LogP contribution in [0.25, 0.3) is 10.9 Å². The molecule has 2 aromatic carbocycles. The van der Waals surface area contributed by atoms with Gasteiger partial charge in [-0.05, 0) is 48.4 Å². The van der Waals surface area contributed by atoms with Gasteiger partial charge in [0.2, 0.25) is 5.91 Å². The summed E-state index contributed by atoms with van der Waals surface area (Å²) in [4.78, 5) is 36.7. The van der Waals surface area contributed by atoms with Crippen LogP contribution in [0.2, 0.25) is 0 Å². The predicted molar refractivity (Wildman–Crippen MR) is 122 cm³/mol. The van der Waals surface area contributed by atoms with Gasteiger partial charge in [0.05, 0.1) is 38.2 Å². The van der Waals surface area contributed by atoms with Gasteiger partial charge in [0, 0.05) is 13.1 Å². The third-order valence-electron chi connectivity index (χ3n) is 5.91. The number of aromatic amines is 1. The number of H-pyrrole nitrogens is 1. The van der Waals surface area contributed by atoms with E-state index in [-0.39, 0.29) is 18.0 Å². The summed E-state index contributed by atoms with van der Waals surface area (Å²) in [7, 11) is 3.24. The molecule has 0 aliphatic carbocycles. The SMILES string of the molecule is CCN(CC(=O)N1CCc2cc(OC)c(OC)cc2C1)Cc1nc2ccccc2c(=O)[nH]1. The molecule has 1 N–H and O–H groups in total. The second-order valence-electron chi connectivity index (χ2n) is 7.87. The van der Waals surface area contributed by atoms with Crippen LogP contribution in [0, 0.1) is 0 Å². The van der Waals surface area contributed by atoms with Crippen LogP contribution in [0.3, 0.4) is 0 Å². The Morgan fingerprint density at radius 2 is 1.88 bits per heavy atom. The number of carbonyl (C=O) groups is 1. The lowest BCUT2D eigenvalue weighted by atomic mass is 9.98. The Labute approximate surface area is 186 Å². The van der Waals surface area contributed by atoms with E-state index >= 15 is 0 Å². The molecule has 0 saturated carbocycles. The maximum Gasteiger partial charge on any atom is 0.258 e. The number of para-hydroxylation sites is 1. The molecule has 0 bridgehead atoms. The first kappa shape index (κ1) is 21.8. The van der Waals surface area contributed by atoms with E-state index in [1.807, 2.05) is 47.1 Å². The van der Waals surface area contributed by atoms with Crippen molar-refractivity contribution in [3.8, 4) is 11.5 Å². The van der Waals surface area contributed by atoms with Crippen molar-refractivity contribution < 1.29 is 14.3 Å². The van der Waals surface area contributed by atoms with E-state index in [0.717, 1.165) is 12.0 Å². The van der Waals surface area contributed by atoms with Gasteiger partial charge >= 0.3 is 0 Å². The molecule has 3 aromatic rings. The summed E-state index contributed by atoms with van der Waals surface area (Å²) in [5, 5.41) is 0.564. The van der Waals surface area contributed by atoms with Gasteiger partial charge in [-0.15, -0.1) is 0 Å². The Balaban J connectivity index is 1.45. The van der Waals surface area contributed by atoms with Crippen LogP contribution in [0.5, 0.6) is 11.5 Å². The zero-order valence-electron chi connectivity index (χ0n) is 18.7. The number of carbonyl (C=O) groups excluding carboxylic acids is 1. The molecule has 1 amide bonds. The second-order valence-corrected chi connectivity index (χ2v) is 7.87. The molecule has 1 aromatic heterocycles. The first-order valence-corrected chi connectivity index (χ1v) is 10.7. The smallest absolute Gasteiger partial charge is 0.258 e. The van der Waals surface area contributed by atoms with Gasteiger partial charge in [-0.3, -0.25) is 14.5 Å². The number of hydrogen-bond donors (Lipinski definition) is 1. The molecule has 0 radical (unpaired) electrons. The maximum absolute atomic E-state index is 13.1. The molecular formula is C24H28N4O4. The molecule has 4 rings (SSSR count). The number of rotatable bonds is 7. The lowest BCUT2D eigenvalue weighted by molar-refractivity contribution is -0.133. The van der Waals surface area contributed by atoms with Gasteiger partial charge in [0.15, 0.2) is 11.5 Å². The number of ether oxygens (including phenoxy) is 2. The van der Waals surface area contributed by atoms with Crippen LogP contribution >= 0.6 is 0 Å². The van der Waals surface area contributed by atoms with Gasteiger partial charge in [-0.2, -0.15) is 0 Å². The molecule has 8 heteroatoms. The topological polar surface area (TPSA) is 87.8 Å². The highest BCUT2D eigenvalue weighted by atomic mass is 16.5. The second kappa shape index (κ2) is 9.40. The largest absolute Gasteiger partial charge is 0.493 e. The van der Waals surface area contributed by atoms with Crippen molar-refractivity contribution >= 4 is 16.8 Å². The minimum atomic E-state index is -0.162. The highest BCUT2D eigenvalue weighted by molar-refractivity contribution is 5.79. The molecule has 1 aliphatic rings. The van der Waals surface area contributed by atoms with Crippen molar-refractivity contribution in [1.29, 1.82) is 0 Å². The van der Waals surface area contributed by atoms with Crippen LogP contribution < -0.4 is 15.0 Å². The minimum Gasteiger partial charge on any atom is -0.493 e. The molecule has 0 saturated heterocycles. The van der Waals surface area contributed by atoms with E-state index in [1.165, 1.54) is 5.56 Å². The summed E-state index contributed by atoms with van der Waals surface area (Å²) >= 11 is 0. The lowest BCUT2D eigenvalue weighted by Crippen LogP contribution is -2.42. The van der Waals surface area contributed by atoms with Gasteiger partial charge in [-0.1, -0.05) is 19.1 Å². The predicted octanol–water partition coefficient (Wildman–Crippen LogP) is 2.35. The molecule has 2 heterocycles. The molecule has 0 fully saturated rings. The molecule has 1 aliphatic heterocycles. The summed E-state index contributed by atoms with van der Waals surface area (Å²) in [6.07, 6.45) is 0.771. The number of hydrogen-bond acceptors (Lipinski definition) is 6. The molecule has 168 valence electrons. The van der Waals surface area contributed by atoms with Crippen LogP contribution in [-0.4, -0.2) is 59.5 Å². The molecule has 0 spiro atoms. The third kappa shape index (κ3) is 4.45. The van der Waals surface area contributed by atoms with Crippen molar-refractivity contribution in [2.45, 2.75) is 26.4 Å². The van der Waals surface area contributed by atoms with Crippen LogP contribution in [-0.2, 0) is 24.3 Å². The van der Waals surface area contributed by atoms with Crippen molar-refractivity contribution in [3.05, 3.63) is 63.7 Å². The number of benzene rings is 2. The van der Waals surface area contributed by atoms with E-state index in [1.54, 1.807) is 20.3 Å². The number of nitrogens with one attached hydrogen (secondary N) is 1. The summed E-state index contributed by atoms with van der Waals surface area (Å²) in [6, 6.07) is 11.2. The van der Waals surface area contributed by atoms with Gasteiger partial charge in [-0.25, -0.2) is 4.98 Å². The average molecular weight is 437 g/mol. The van der Waals surface area contributed by atoms with E-state index < -0.39 is 0 Å². The number of methoxy groups -OCH3 is 2. The first-order chi connectivity index (χ1) is 15.5. The number of amides is 1. The Bertz CT molecular complexity index is 1190. The zero-order chi connectivity index (χ0) is 22.7. The Kier molecular flexibility index (Phi) is 6.41. The molecule has 0 unspecified atom stereocenters. The number of aromatic nitrogens is 2. The Morgan fingerprint density at radius 1 is 1.16 bits per heavy atom. The summed E-state index contributed by atoms with van der Waals surface area (Å²) in [5.74, 6) is 1.99. The number of nitrogens with zero attached hydrogens (tertiary/aromatic N) is 3. The van der Waals surface area contributed by atoms with Gasteiger partial charge in [0.25, 0.3) is 5.56 Å². The molecule has 8 nitrogen and oxygen atoms in total. The number of fused-ring (bicyclic) bond motifs is 2. The molecule has 32 heavy (non-hydrogen) atoms. The first-order valence-electron chi connectivity index (χ1n) is 10.7. The van der Waals surface area contributed by atoms with E-state index in [2.05, 4.69) is 9.97 Å². The van der Waals surface area contributed by atoms with Crippen LogP contribution in [0.4, 0.5) is 0 Å². The fraction of sp³-hybridized carbons (Fsp3) is 0.375. The monoisotopic (exact) mass is 436 g/mol. The van der Waals surface area contributed by atoms with Crippen LogP contribution in [0.15, 0.2) is 41.2 Å². The van der Waals surface area contributed by atoms with E-state index in [9.17, 15) is 9.59 Å². The van der Waals surface area contributed by atoms with Crippen molar-refractivity contribution in [2.75, 3.05) is 33.9 Å². The third-order valence-corrected chi connectivity index (χ3v) is 5.91. The summed E-state index contributed by atoms with van der Waals surface area (Å²) in [6.45, 7) is 4.52. The minimum absolute atomic E-state index is 0.0513. The summed E-state index contributed by atoms with van der Waals surface area (Å²) < 4.78 is 10.8. The maximum atomic E-state index is 13.1. The normalized spacial score (nSPS) is 13.3. The highest BCUT2D eigenvalue weighted by Gasteiger charge is 2.24. The zero-order valence-corrected chi connectivity index (χ0v) is 18.7. The molecular weight excluding hydrogens is 408 g/mol. The van der Waals surface area contributed by atoms with Gasteiger partial charge in [0.1, 0.15) is 5.82 Å². The standard InChI is InChI=1S/C24H28N4O4/c1-4-27(14-22-25-19-8-6-5-7-18(19)24(30)26-22)15-23(29)28-10-9-16-11-20(31-2)21(32-3)12-17(16)13-28/h5-8,11-12H,4,9-10,13-15H2,1-3H3,(H,25,26,30). The van der Waals surface area contributed by atoms with Crippen molar-refractivity contribution in [3.63, 3.8) is 0 Å². The Hall–Kier alpha value is -3.39.